The second kappa shape index (κ2) is 9.21. The molecule has 13 heteroatoms. The third-order valence-corrected chi connectivity index (χ3v) is 6.61. The molecule has 0 aliphatic heterocycles. The highest BCUT2D eigenvalue weighted by Gasteiger charge is 2.17. The Hall–Kier alpha value is -2.34. The fraction of sp³-hybridized carbons (Fsp3) is 0.118. The molecule has 3 aromatic rings. The lowest BCUT2D eigenvalue weighted by atomic mass is 10.1. The van der Waals surface area contributed by atoms with Crippen LogP contribution in [0.2, 0.25) is 10.0 Å². The van der Waals surface area contributed by atoms with Crippen molar-refractivity contribution < 1.29 is 22.0 Å². The van der Waals surface area contributed by atoms with Gasteiger partial charge in [0.1, 0.15) is 0 Å². The number of carbonyl (C=O) groups excluding carboxylic acids is 1. The average molecular weight is 493 g/mol. The number of benzene rings is 2. The van der Waals surface area contributed by atoms with Crippen LogP contribution < -0.4 is 10.0 Å². The molecule has 0 unspecified atom stereocenters. The first-order valence-electron chi connectivity index (χ1n) is 8.12. The van der Waals surface area contributed by atoms with E-state index in [2.05, 4.69) is 20.2 Å². The summed E-state index contributed by atoms with van der Waals surface area (Å²) in [6.45, 7) is 0. The predicted molar refractivity (Wildman–Crippen MR) is 111 cm³/mol. The summed E-state index contributed by atoms with van der Waals surface area (Å²) in [6, 6.07) is 10.0. The Kier molecular flexibility index (Phi) is 6.86. The van der Waals surface area contributed by atoms with E-state index in [4.69, 9.17) is 23.2 Å². The fourth-order valence-electron chi connectivity index (χ4n) is 2.27. The molecule has 7 nitrogen and oxygen atoms in total. The molecule has 0 saturated carbocycles. The molecule has 0 saturated heterocycles. The Morgan fingerprint density at radius 3 is 2.37 bits per heavy atom. The third-order valence-electron chi connectivity index (χ3n) is 3.65. The second-order valence-corrected chi connectivity index (χ2v) is 9.36. The maximum Gasteiger partial charge on any atom is 0.291 e. The first-order valence-corrected chi connectivity index (χ1v) is 11.2. The summed E-state index contributed by atoms with van der Waals surface area (Å²) >= 11 is 12.2. The number of hydrogen-bond donors (Lipinski definition) is 2. The van der Waals surface area contributed by atoms with Gasteiger partial charge in [-0.15, -0.1) is 10.2 Å². The van der Waals surface area contributed by atoms with Crippen LogP contribution in [0, 0.1) is 0 Å². The third kappa shape index (κ3) is 5.63. The molecule has 0 bridgehead atoms. The maximum atomic E-state index is 12.5. The second-order valence-electron chi connectivity index (χ2n) is 5.85. The highest BCUT2D eigenvalue weighted by atomic mass is 35.5. The van der Waals surface area contributed by atoms with Gasteiger partial charge in [-0.25, -0.2) is 17.2 Å². The summed E-state index contributed by atoms with van der Waals surface area (Å²) in [4.78, 5) is 12.0. The number of sulfonamides is 1. The summed E-state index contributed by atoms with van der Waals surface area (Å²) in [6.07, 6.45) is -2.82. The van der Waals surface area contributed by atoms with Gasteiger partial charge >= 0.3 is 0 Å². The predicted octanol–water partition coefficient (Wildman–Crippen LogP) is 4.76. The molecule has 2 aromatic carbocycles. The smallest absolute Gasteiger partial charge is 0.291 e. The number of alkyl halides is 2. The molecule has 1 heterocycles. The lowest BCUT2D eigenvalue weighted by Crippen LogP contribution is -2.15. The molecule has 3 rings (SSSR count). The monoisotopic (exact) mass is 492 g/mol. The molecule has 30 heavy (non-hydrogen) atoms. The number of anilines is 2. The molecule has 0 spiro atoms. The van der Waals surface area contributed by atoms with E-state index in [9.17, 15) is 22.0 Å². The Morgan fingerprint density at radius 1 is 1.07 bits per heavy atom. The van der Waals surface area contributed by atoms with Gasteiger partial charge in [-0.3, -0.25) is 9.52 Å². The van der Waals surface area contributed by atoms with Crippen LogP contribution in [-0.4, -0.2) is 24.5 Å². The Bertz CT molecular complexity index is 1170. The van der Waals surface area contributed by atoms with Crippen molar-refractivity contribution in [2.24, 2.45) is 0 Å². The van der Waals surface area contributed by atoms with E-state index in [-0.39, 0.29) is 32.2 Å². The van der Waals surface area contributed by atoms with Gasteiger partial charge in [0.25, 0.3) is 16.4 Å². The van der Waals surface area contributed by atoms with Gasteiger partial charge in [0.2, 0.25) is 11.0 Å². The maximum absolute atomic E-state index is 12.5. The van der Waals surface area contributed by atoms with Crippen LogP contribution >= 0.6 is 34.5 Å². The van der Waals surface area contributed by atoms with Gasteiger partial charge in [0, 0.05) is 5.69 Å². The summed E-state index contributed by atoms with van der Waals surface area (Å²) in [5.41, 5.74) is 0.847. The van der Waals surface area contributed by atoms with E-state index >= 15 is 0 Å². The van der Waals surface area contributed by atoms with Crippen molar-refractivity contribution in [2.45, 2.75) is 17.7 Å². The number of nitrogens with zero attached hydrogens (tertiary/aromatic N) is 2. The first-order chi connectivity index (χ1) is 14.1. The van der Waals surface area contributed by atoms with Crippen LogP contribution in [0.1, 0.15) is 17.0 Å². The highest BCUT2D eigenvalue weighted by Crippen LogP contribution is 2.27. The van der Waals surface area contributed by atoms with E-state index in [1.165, 1.54) is 30.3 Å². The zero-order valence-corrected chi connectivity index (χ0v) is 17.9. The van der Waals surface area contributed by atoms with Crippen molar-refractivity contribution in [1.82, 2.24) is 10.2 Å². The van der Waals surface area contributed by atoms with Crippen LogP contribution in [0.5, 0.6) is 0 Å². The summed E-state index contributed by atoms with van der Waals surface area (Å²) < 4.78 is 52.3. The molecule has 0 aliphatic carbocycles. The normalized spacial score (nSPS) is 11.5. The number of carbonyl (C=O) groups is 1. The van der Waals surface area contributed by atoms with Crippen molar-refractivity contribution in [3.8, 4) is 0 Å². The molecular formula is C17H12Cl2F2N4O3S2. The molecule has 1 aromatic heterocycles. The van der Waals surface area contributed by atoms with Gasteiger partial charge in [0.15, 0.2) is 5.01 Å². The zero-order chi connectivity index (χ0) is 21.9. The zero-order valence-electron chi connectivity index (χ0n) is 14.8. The minimum Gasteiger partial charge on any atom is -0.300 e. The van der Waals surface area contributed by atoms with E-state index in [1.54, 1.807) is 12.1 Å². The summed E-state index contributed by atoms with van der Waals surface area (Å²) in [7, 11) is -3.88. The van der Waals surface area contributed by atoms with Crippen LogP contribution in [0.3, 0.4) is 0 Å². The molecule has 0 radical (unpaired) electrons. The van der Waals surface area contributed by atoms with Gasteiger partial charge in [-0.2, -0.15) is 0 Å². The quantitative estimate of drug-likeness (QED) is 0.494. The fourth-order valence-corrected chi connectivity index (χ4v) is 4.33. The number of nitrogens with one attached hydrogen (secondary N) is 2. The van der Waals surface area contributed by atoms with Crippen LogP contribution in [-0.2, 0) is 21.2 Å². The molecule has 158 valence electrons. The molecule has 0 fully saturated rings. The molecule has 0 atom stereocenters. The van der Waals surface area contributed by atoms with Crippen LogP contribution in [0.25, 0.3) is 0 Å². The number of rotatable bonds is 7. The average Bonchev–Trinajstić information content (AvgIpc) is 3.14. The lowest BCUT2D eigenvalue weighted by Gasteiger charge is -2.09. The van der Waals surface area contributed by atoms with E-state index < -0.39 is 27.4 Å². The Morgan fingerprint density at radius 2 is 1.77 bits per heavy atom. The van der Waals surface area contributed by atoms with E-state index in [0.29, 0.717) is 16.9 Å². The Balaban J connectivity index is 1.62. The van der Waals surface area contributed by atoms with Crippen molar-refractivity contribution in [2.75, 3.05) is 10.0 Å². The van der Waals surface area contributed by atoms with Crippen molar-refractivity contribution in [3.63, 3.8) is 0 Å². The van der Waals surface area contributed by atoms with Crippen LogP contribution in [0.4, 0.5) is 19.6 Å². The minimum atomic E-state index is -3.88. The molecule has 2 N–H and O–H groups in total. The molecular weight excluding hydrogens is 481 g/mol. The molecule has 1 amide bonds. The first kappa shape index (κ1) is 22.3. The van der Waals surface area contributed by atoms with Gasteiger partial charge in [-0.1, -0.05) is 46.7 Å². The number of aromatic nitrogens is 2. The summed E-state index contributed by atoms with van der Waals surface area (Å²) in [5.74, 6) is -0.476. The van der Waals surface area contributed by atoms with E-state index in [0.717, 1.165) is 0 Å². The van der Waals surface area contributed by atoms with Gasteiger partial charge < -0.3 is 5.32 Å². The summed E-state index contributed by atoms with van der Waals surface area (Å²) in [5, 5.41) is 8.98. The minimum absolute atomic E-state index is 0.0266. The van der Waals surface area contributed by atoms with Crippen molar-refractivity contribution in [3.05, 3.63) is 63.1 Å². The Labute approximate surface area is 184 Å². The SMILES string of the molecule is O=C(Cc1ccc(NS(=O)(=O)c2ccc(Cl)c(Cl)c2)cc1)Nc1nnc(C(F)F)s1. The van der Waals surface area contributed by atoms with Crippen molar-refractivity contribution >= 4 is 61.3 Å². The van der Waals surface area contributed by atoms with E-state index in [1.807, 2.05) is 0 Å². The standard InChI is InChI=1S/C17H12Cl2F2N4O3S2/c18-12-6-5-11(8-13(12)19)30(27,28)25-10-3-1-9(2-4-10)7-14(26)22-17-24-23-16(29-17)15(20)21/h1-6,8,15,25H,7H2,(H,22,24,26). The van der Waals surface area contributed by atoms with Gasteiger partial charge in [0.05, 0.1) is 21.4 Å². The molecule has 0 aliphatic rings. The van der Waals surface area contributed by atoms with Gasteiger partial charge in [-0.05, 0) is 35.9 Å². The van der Waals surface area contributed by atoms with Crippen LogP contribution in [0.15, 0.2) is 47.4 Å². The number of amides is 1. The van der Waals surface area contributed by atoms with Crippen molar-refractivity contribution in [1.29, 1.82) is 0 Å². The largest absolute Gasteiger partial charge is 0.300 e. The number of hydrogen-bond acceptors (Lipinski definition) is 6. The topological polar surface area (TPSA) is 101 Å². The number of halogens is 4. The lowest BCUT2D eigenvalue weighted by molar-refractivity contribution is -0.115. The highest BCUT2D eigenvalue weighted by molar-refractivity contribution is 7.92.